The number of rotatable bonds is 8. The van der Waals surface area contributed by atoms with Crippen molar-refractivity contribution in [2.75, 3.05) is 0 Å². The first kappa shape index (κ1) is 25.9. The lowest BCUT2D eigenvalue weighted by Crippen LogP contribution is -2.45. The smallest absolute Gasteiger partial charge is 0.308 e. The standard InChI is InChI=1S/C26H31IN4O3/c1-16(17-8-6-5-7-9-17)23(31-25(33)20(28)14-22(32)34-26(2,3)4)24-29-15-21(30-24)18-10-12-19(27)13-11-18/h5-13,15-16,20,23H,14,28H2,1-4H3,(H,29,30)(H,31,33)/t16-,20+,23-/m0/s1. The maximum Gasteiger partial charge on any atom is 0.308 e. The van der Waals surface area contributed by atoms with Gasteiger partial charge in [-0.2, -0.15) is 0 Å². The molecule has 3 atom stereocenters. The van der Waals surface area contributed by atoms with Crippen LogP contribution in [0.4, 0.5) is 0 Å². The van der Waals surface area contributed by atoms with Gasteiger partial charge in [0.2, 0.25) is 5.91 Å². The molecule has 0 saturated carbocycles. The van der Waals surface area contributed by atoms with Crippen molar-refractivity contribution in [2.24, 2.45) is 5.73 Å². The van der Waals surface area contributed by atoms with Crippen molar-refractivity contribution >= 4 is 34.5 Å². The third-order valence-electron chi connectivity index (χ3n) is 5.31. The van der Waals surface area contributed by atoms with Crippen LogP contribution in [0.3, 0.4) is 0 Å². The fourth-order valence-corrected chi connectivity index (χ4v) is 3.93. The number of carbonyl (C=O) groups is 2. The molecule has 0 saturated heterocycles. The highest BCUT2D eigenvalue weighted by molar-refractivity contribution is 14.1. The zero-order chi connectivity index (χ0) is 24.9. The van der Waals surface area contributed by atoms with Crippen LogP contribution in [0.15, 0.2) is 60.8 Å². The number of benzene rings is 2. The fourth-order valence-electron chi connectivity index (χ4n) is 3.57. The second-order valence-electron chi connectivity index (χ2n) is 9.27. The zero-order valence-corrected chi connectivity index (χ0v) is 22.0. The van der Waals surface area contributed by atoms with Gasteiger partial charge in [0.05, 0.1) is 30.4 Å². The summed E-state index contributed by atoms with van der Waals surface area (Å²) >= 11 is 2.26. The van der Waals surface area contributed by atoms with E-state index in [0.717, 1.165) is 20.4 Å². The van der Waals surface area contributed by atoms with E-state index in [1.807, 2.05) is 61.5 Å². The van der Waals surface area contributed by atoms with Gasteiger partial charge in [-0.05, 0) is 66.6 Å². The highest BCUT2D eigenvalue weighted by Gasteiger charge is 2.29. The number of aromatic amines is 1. The summed E-state index contributed by atoms with van der Waals surface area (Å²) in [6, 6.07) is 16.5. The van der Waals surface area contributed by atoms with Crippen molar-refractivity contribution in [3.63, 3.8) is 0 Å². The van der Waals surface area contributed by atoms with E-state index >= 15 is 0 Å². The van der Waals surface area contributed by atoms with E-state index in [-0.39, 0.29) is 12.3 Å². The normalized spacial score (nSPS) is 14.2. The topological polar surface area (TPSA) is 110 Å². The van der Waals surface area contributed by atoms with E-state index in [1.165, 1.54) is 0 Å². The number of hydrogen-bond acceptors (Lipinski definition) is 5. The van der Waals surface area contributed by atoms with Crippen molar-refractivity contribution in [1.82, 2.24) is 15.3 Å². The first-order valence-corrected chi connectivity index (χ1v) is 12.2. The molecule has 0 aliphatic rings. The Morgan fingerprint density at radius 3 is 2.38 bits per heavy atom. The number of nitrogens with two attached hydrogens (primary N) is 1. The van der Waals surface area contributed by atoms with Gasteiger partial charge in [-0.25, -0.2) is 4.98 Å². The molecule has 1 amide bonds. The summed E-state index contributed by atoms with van der Waals surface area (Å²) < 4.78 is 6.45. The third kappa shape index (κ3) is 7.14. The average Bonchev–Trinajstić information content (AvgIpc) is 3.26. The van der Waals surface area contributed by atoms with E-state index in [2.05, 4.69) is 37.9 Å². The lowest BCUT2D eigenvalue weighted by atomic mass is 9.92. The van der Waals surface area contributed by atoms with E-state index in [0.29, 0.717) is 5.82 Å². The lowest BCUT2D eigenvalue weighted by molar-refractivity contribution is -0.156. The van der Waals surface area contributed by atoms with Crippen molar-refractivity contribution < 1.29 is 14.3 Å². The van der Waals surface area contributed by atoms with Crippen LogP contribution >= 0.6 is 22.6 Å². The molecule has 0 unspecified atom stereocenters. The van der Waals surface area contributed by atoms with Gasteiger partial charge >= 0.3 is 5.97 Å². The predicted octanol–water partition coefficient (Wildman–Crippen LogP) is 4.70. The first-order valence-electron chi connectivity index (χ1n) is 11.2. The SMILES string of the molecule is C[C@@H](c1ccccc1)[C@H](NC(=O)[C@H](N)CC(=O)OC(C)(C)C)c1ncc(-c2ccc(I)cc2)[nH]1. The molecule has 0 aliphatic heterocycles. The number of H-pyrrole nitrogens is 1. The van der Waals surface area contributed by atoms with Crippen molar-refractivity contribution in [1.29, 1.82) is 0 Å². The van der Waals surface area contributed by atoms with Crippen LogP contribution in [-0.2, 0) is 14.3 Å². The molecule has 2 aromatic carbocycles. The van der Waals surface area contributed by atoms with Crippen LogP contribution in [0, 0.1) is 3.57 Å². The molecule has 8 heteroatoms. The predicted molar refractivity (Wildman–Crippen MR) is 141 cm³/mol. The minimum Gasteiger partial charge on any atom is -0.460 e. The van der Waals surface area contributed by atoms with E-state index in [9.17, 15) is 9.59 Å². The number of halogens is 1. The number of nitrogens with zero attached hydrogens (tertiary/aromatic N) is 1. The van der Waals surface area contributed by atoms with E-state index < -0.39 is 29.6 Å². The van der Waals surface area contributed by atoms with E-state index in [1.54, 1.807) is 27.0 Å². The summed E-state index contributed by atoms with van der Waals surface area (Å²) in [5.41, 5.74) is 8.32. The molecule has 3 rings (SSSR count). The maximum absolute atomic E-state index is 13.0. The molecule has 0 bridgehead atoms. The van der Waals surface area contributed by atoms with Crippen molar-refractivity contribution in [3.05, 3.63) is 75.8 Å². The van der Waals surface area contributed by atoms with E-state index in [4.69, 9.17) is 10.5 Å². The highest BCUT2D eigenvalue weighted by atomic mass is 127. The molecule has 180 valence electrons. The molecule has 7 nitrogen and oxygen atoms in total. The van der Waals surface area contributed by atoms with Crippen LogP contribution in [-0.4, -0.2) is 33.5 Å². The minimum absolute atomic E-state index is 0.102. The lowest BCUT2D eigenvalue weighted by Gasteiger charge is -2.26. The average molecular weight is 574 g/mol. The monoisotopic (exact) mass is 574 g/mol. The zero-order valence-electron chi connectivity index (χ0n) is 19.8. The van der Waals surface area contributed by atoms with Gasteiger partial charge in [0.15, 0.2) is 0 Å². The number of amides is 1. The Labute approximate surface area is 214 Å². The number of esters is 1. The Balaban J connectivity index is 1.83. The van der Waals surface area contributed by atoms with Gasteiger partial charge in [-0.1, -0.05) is 49.4 Å². The number of ether oxygens (including phenoxy) is 1. The largest absolute Gasteiger partial charge is 0.460 e. The molecular weight excluding hydrogens is 543 g/mol. The second-order valence-corrected chi connectivity index (χ2v) is 10.5. The fraction of sp³-hybridized carbons (Fsp3) is 0.346. The molecule has 1 aromatic heterocycles. The first-order chi connectivity index (χ1) is 16.0. The molecule has 0 fully saturated rings. The quantitative estimate of drug-likeness (QED) is 0.267. The van der Waals surface area contributed by atoms with Crippen molar-refractivity contribution in [2.45, 2.75) is 57.7 Å². The van der Waals surface area contributed by atoms with Crippen LogP contribution in [0.25, 0.3) is 11.3 Å². The molecular formula is C26H31IN4O3. The summed E-state index contributed by atoms with van der Waals surface area (Å²) in [7, 11) is 0. The molecule has 0 aliphatic carbocycles. The molecule has 0 spiro atoms. The summed E-state index contributed by atoms with van der Waals surface area (Å²) in [6.07, 6.45) is 1.55. The number of hydrogen-bond donors (Lipinski definition) is 3. The number of imidazole rings is 1. The summed E-state index contributed by atoms with van der Waals surface area (Å²) in [5, 5.41) is 3.01. The Morgan fingerprint density at radius 2 is 1.76 bits per heavy atom. The Bertz CT molecular complexity index is 1110. The van der Waals surface area contributed by atoms with Crippen LogP contribution in [0.1, 0.15) is 57.5 Å². The van der Waals surface area contributed by atoms with Crippen molar-refractivity contribution in [3.8, 4) is 11.3 Å². The molecule has 4 N–H and O–H groups in total. The Morgan fingerprint density at radius 1 is 1.12 bits per heavy atom. The summed E-state index contributed by atoms with van der Waals surface area (Å²) in [4.78, 5) is 33.1. The van der Waals surface area contributed by atoms with Gasteiger partial charge in [0.1, 0.15) is 11.4 Å². The van der Waals surface area contributed by atoms with Gasteiger partial charge in [-0.3, -0.25) is 9.59 Å². The van der Waals surface area contributed by atoms with Crippen LogP contribution in [0.2, 0.25) is 0 Å². The summed E-state index contributed by atoms with van der Waals surface area (Å²) in [6.45, 7) is 7.34. The highest BCUT2D eigenvalue weighted by Crippen LogP contribution is 2.30. The van der Waals surface area contributed by atoms with Gasteiger partial charge in [0.25, 0.3) is 0 Å². The second kappa shape index (κ2) is 11.1. The number of nitrogens with one attached hydrogen (secondary N) is 2. The van der Waals surface area contributed by atoms with Crippen LogP contribution < -0.4 is 11.1 Å². The Hall–Kier alpha value is -2.72. The third-order valence-corrected chi connectivity index (χ3v) is 6.03. The minimum atomic E-state index is -1.04. The maximum atomic E-state index is 13.0. The summed E-state index contributed by atoms with van der Waals surface area (Å²) in [5.74, 6) is -0.440. The Kier molecular flexibility index (Phi) is 8.48. The number of aromatic nitrogens is 2. The van der Waals surface area contributed by atoms with Gasteiger partial charge in [0, 0.05) is 9.49 Å². The van der Waals surface area contributed by atoms with Gasteiger partial charge in [-0.15, -0.1) is 0 Å². The molecule has 3 aromatic rings. The van der Waals surface area contributed by atoms with Gasteiger partial charge < -0.3 is 20.8 Å². The molecule has 1 heterocycles. The molecule has 0 radical (unpaired) electrons. The number of carbonyl (C=O) groups excluding carboxylic acids is 2. The molecule has 34 heavy (non-hydrogen) atoms. The van der Waals surface area contributed by atoms with Crippen LogP contribution in [0.5, 0.6) is 0 Å².